The summed E-state index contributed by atoms with van der Waals surface area (Å²) in [7, 11) is 0. The number of hydrogen-bond acceptors (Lipinski definition) is 5. The Kier molecular flexibility index (Phi) is 3.99. The molecular formula is C13H13NO5S. The second kappa shape index (κ2) is 5.54. The van der Waals surface area contributed by atoms with Gasteiger partial charge >= 0.3 is 5.97 Å². The number of carbonyl (C=O) groups excluding carboxylic acids is 2. The number of phenols is 1. The number of rotatable bonds is 3. The SMILES string of the molecule is CC(=O)SC1CC(=O)N(c2cccc(C(=O)O)c2O)C1. The van der Waals surface area contributed by atoms with Gasteiger partial charge in [-0.25, -0.2) is 4.79 Å². The summed E-state index contributed by atoms with van der Waals surface area (Å²) in [6.07, 6.45) is 0.195. The first-order valence-electron chi connectivity index (χ1n) is 5.93. The lowest BCUT2D eigenvalue weighted by molar-refractivity contribution is -0.117. The Morgan fingerprint density at radius 1 is 1.40 bits per heavy atom. The Morgan fingerprint density at radius 3 is 2.70 bits per heavy atom. The van der Waals surface area contributed by atoms with Gasteiger partial charge in [0.15, 0.2) is 10.9 Å². The predicted molar refractivity (Wildman–Crippen MR) is 74.1 cm³/mol. The van der Waals surface area contributed by atoms with Crippen molar-refractivity contribution in [2.75, 3.05) is 11.4 Å². The number of benzene rings is 1. The zero-order valence-electron chi connectivity index (χ0n) is 10.7. The van der Waals surface area contributed by atoms with Crippen LogP contribution in [0, 0.1) is 0 Å². The van der Waals surface area contributed by atoms with Gasteiger partial charge in [-0.2, -0.15) is 0 Å². The maximum absolute atomic E-state index is 11.9. The minimum Gasteiger partial charge on any atom is -0.505 e. The zero-order chi connectivity index (χ0) is 14.9. The normalized spacial score (nSPS) is 18.4. The first-order valence-corrected chi connectivity index (χ1v) is 6.81. The highest BCUT2D eigenvalue weighted by Gasteiger charge is 2.33. The molecule has 2 N–H and O–H groups in total. The van der Waals surface area contributed by atoms with Crippen molar-refractivity contribution in [3.8, 4) is 5.75 Å². The number of thioether (sulfide) groups is 1. The molecule has 0 saturated carbocycles. The van der Waals surface area contributed by atoms with Crippen LogP contribution in [0.2, 0.25) is 0 Å². The third kappa shape index (κ3) is 2.77. The molecule has 6 nitrogen and oxygen atoms in total. The van der Waals surface area contributed by atoms with Crippen LogP contribution in [0.5, 0.6) is 5.75 Å². The van der Waals surface area contributed by atoms with Crippen molar-refractivity contribution in [1.29, 1.82) is 0 Å². The van der Waals surface area contributed by atoms with Crippen molar-refractivity contribution < 1.29 is 24.6 Å². The number of aromatic carboxylic acids is 1. The Labute approximate surface area is 119 Å². The van der Waals surface area contributed by atoms with Crippen LogP contribution in [0.3, 0.4) is 0 Å². The first kappa shape index (κ1) is 14.4. The van der Waals surface area contributed by atoms with Gasteiger partial charge in [-0.15, -0.1) is 0 Å². The van der Waals surface area contributed by atoms with Crippen molar-refractivity contribution in [1.82, 2.24) is 0 Å². The van der Waals surface area contributed by atoms with Crippen LogP contribution in [-0.4, -0.2) is 39.0 Å². The van der Waals surface area contributed by atoms with Crippen molar-refractivity contribution in [3.05, 3.63) is 23.8 Å². The molecule has 1 atom stereocenters. The average molecular weight is 295 g/mol. The number of nitrogens with zero attached hydrogens (tertiary/aromatic N) is 1. The van der Waals surface area contributed by atoms with Gasteiger partial charge in [0, 0.05) is 25.1 Å². The summed E-state index contributed by atoms with van der Waals surface area (Å²) in [6, 6.07) is 4.22. The number of anilines is 1. The third-order valence-electron chi connectivity index (χ3n) is 2.96. The third-order valence-corrected chi connectivity index (χ3v) is 3.94. The lowest BCUT2D eigenvalue weighted by Gasteiger charge is -2.18. The minimum atomic E-state index is -1.26. The summed E-state index contributed by atoms with van der Waals surface area (Å²) in [5, 5.41) is 18.7. The summed E-state index contributed by atoms with van der Waals surface area (Å²) in [4.78, 5) is 35.3. The van der Waals surface area contributed by atoms with Crippen LogP contribution in [0.4, 0.5) is 5.69 Å². The number of para-hydroxylation sites is 1. The fourth-order valence-electron chi connectivity index (χ4n) is 2.14. The van der Waals surface area contributed by atoms with Crippen molar-refractivity contribution in [2.45, 2.75) is 18.6 Å². The van der Waals surface area contributed by atoms with Gasteiger partial charge in [0.2, 0.25) is 5.91 Å². The maximum atomic E-state index is 11.9. The van der Waals surface area contributed by atoms with E-state index in [0.717, 1.165) is 11.8 Å². The number of carbonyl (C=O) groups is 3. The highest BCUT2D eigenvalue weighted by atomic mass is 32.2. The van der Waals surface area contributed by atoms with Gasteiger partial charge in [0.1, 0.15) is 5.56 Å². The lowest BCUT2D eigenvalue weighted by Crippen LogP contribution is -2.25. The van der Waals surface area contributed by atoms with Gasteiger partial charge in [-0.05, 0) is 12.1 Å². The van der Waals surface area contributed by atoms with Crippen LogP contribution in [0.25, 0.3) is 0 Å². The standard InChI is InChI=1S/C13H13NO5S/c1-7(15)20-8-5-11(16)14(6-8)10-4-2-3-9(12(10)17)13(18)19/h2-4,8,17H,5-6H2,1H3,(H,18,19). The van der Waals surface area contributed by atoms with E-state index < -0.39 is 11.7 Å². The monoisotopic (exact) mass is 295 g/mol. The average Bonchev–Trinajstić information content (AvgIpc) is 2.69. The Bertz CT molecular complexity index is 586. The van der Waals surface area contributed by atoms with E-state index in [2.05, 4.69) is 0 Å². The zero-order valence-corrected chi connectivity index (χ0v) is 11.5. The molecule has 7 heteroatoms. The molecule has 20 heavy (non-hydrogen) atoms. The molecule has 1 aliphatic rings. The molecule has 106 valence electrons. The lowest BCUT2D eigenvalue weighted by atomic mass is 10.1. The van der Waals surface area contributed by atoms with Gasteiger partial charge < -0.3 is 15.1 Å². The number of carboxylic acid groups (broad SMARTS) is 1. The van der Waals surface area contributed by atoms with E-state index in [4.69, 9.17) is 5.11 Å². The second-order valence-electron chi connectivity index (χ2n) is 4.42. The highest BCUT2D eigenvalue weighted by Crippen LogP contribution is 2.35. The molecule has 2 rings (SSSR count). The van der Waals surface area contributed by atoms with E-state index in [1.165, 1.54) is 30.0 Å². The summed E-state index contributed by atoms with van der Waals surface area (Å²) < 4.78 is 0. The quantitative estimate of drug-likeness (QED) is 0.877. The highest BCUT2D eigenvalue weighted by molar-refractivity contribution is 8.14. The smallest absolute Gasteiger partial charge is 0.339 e. The maximum Gasteiger partial charge on any atom is 0.339 e. The molecule has 1 aliphatic heterocycles. The molecule has 0 aliphatic carbocycles. The first-order chi connectivity index (χ1) is 9.40. The molecule has 1 aromatic rings. The van der Waals surface area contributed by atoms with Crippen molar-refractivity contribution in [3.63, 3.8) is 0 Å². The molecule has 1 amide bonds. The van der Waals surface area contributed by atoms with Gasteiger partial charge in [0.25, 0.3) is 0 Å². The largest absolute Gasteiger partial charge is 0.505 e. The Balaban J connectivity index is 2.28. The molecule has 1 aromatic carbocycles. The van der Waals surface area contributed by atoms with Gasteiger partial charge in [-0.3, -0.25) is 9.59 Å². The van der Waals surface area contributed by atoms with Gasteiger partial charge in [0.05, 0.1) is 5.69 Å². The summed E-state index contributed by atoms with van der Waals surface area (Å²) in [5.41, 5.74) is -0.0838. The predicted octanol–water partition coefficient (Wildman–Crippen LogP) is 1.48. The molecule has 0 bridgehead atoms. The van der Waals surface area contributed by atoms with Crippen molar-refractivity contribution in [2.24, 2.45) is 0 Å². The van der Waals surface area contributed by atoms with E-state index in [1.807, 2.05) is 0 Å². The van der Waals surface area contributed by atoms with E-state index >= 15 is 0 Å². The van der Waals surface area contributed by atoms with Crippen LogP contribution >= 0.6 is 11.8 Å². The topological polar surface area (TPSA) is 94.9 Å². The number of aromatic hydroxyl groups is 1. The fourth-order valence-corrected chi connectivity index (χ4v) is 3.06. The Hall–Kier alpha value is -2.02. The molecule has 1 saturated heterocycles. The fraction of sp³-hybridized carbons (Fsp3) is 0.308. The van der Waals surface area contributed by atoms with Crippen LogP contribution in [0.15, 0.2) is 18.2 Å². The van der Waals surface area contributed by atoms with E-state index in [0.29, 0.717) is 0 Å². The summed E-state index contributed by atoms with van der Waals surface area (Å²) >= 11 is 1.08. The number of carboxylic acids is 1. The molecule has 0 radical (unpaired) electrons. The van der Waals surface area contributed by atoms with Crippen LogP contribution in [-0.2, 0) is 9.59 Å². The Morgan fingerprint density at radius 2 is 2.10 bits per heavy atom. The minimum absolute atomic E-state index is 0.0758. The molecule has 1 unspecified atom stereocenters. The van der Waals surface area contributed by atoms with Crippen molar-refractivity contribution >= 4 is 34.4 Å². The van der Waals surface area contributed by atoms with Crippen LogP contribution in [0.1, 0.15) is 23.7 Å². The number of hydrogen-bond donors (Lipinski definition) is 2. The van der Waals surface area contributed by atoms with Crippen LogP contribution < -0.4 is 4.90 Å². The summed E-state index contributed by atoms with van der Waals surface area (Å²) in [6.45, 7) is 1.71. The second-order valence-corrected chi connectivity index (χ2v) is 5.90. The molecule has 1 fully saturated rings. The molecule has 0 spiro atoms. The van der Waals surface area contributed by atoms with E-state index in [-0.39, 0.29) is 40.5 Å². The molecule has 0 aromatic heterocycles. The summed E-state index contributed by atoms with van der Waals surface area (Å²) in [5.74, 6) is -1.92. The van der Waals surface area contributed by atoms with E-state index in [1.54, 1.807) is 0 Å². The van der Waals surface area contributed by atoms with Gasteiger partial charge in [-0.1, -0.05) is 17.8 Å². The molecular weight excluding hydrogens is 282 g/mol. The van der Waals surface area contributed by atoms with E-state index in [9.17, 15) is 19.5 Å². The number of amides is 1. The molecule has 1 heterocycles.